The van der Waals surface area contributed by atoms with Crippen LogP contribution in [0.2, 0.25) is 0 Å². The average molecular weight is 274 g/mol. The summed E-state index contributed by atoms with van der Waals surface area (Å²) in [5, 5.41) is 3.92. The van der Waals surface area contributed by atoms with Gasteiger partial charge in [0.05, 0.1) is 6.54 Å². The van der Waals surface area contributed by atoms with E-state index in [1.165, 1.54) is 10.7 Å². The van der Waals surface area contributed by atoms with Crippen molar-refractivity contribution in [1.82, 2.24) is 15.2 Å². The average Bonchev–Trinajstić information content (AvgIpc) is 2.49. The number of nitrogens with two attached hydrogens (primary N) is 1. The van der Waals surface area contributed by atoms with Crippen molar-refractivity contribution in [2.75, 3.05) is 6.61 Å². The molecule has 7 heteroatoms. The van der Waals surface area contributed by atoms with E-state index >= 15 is 0 Å². The van der Waals surface area contributed by atoms with Crippen LogP contribution < -0.4 is 21.6 Å². The number of carbonyl (C=O) groups excluding carboxylic acids is 1. The number of nitrogens with zero attached hydrogens (tertiary/aromatic N) is 2. The highest BCUT2D eigenvalue weighted by atomic mass is 16.5. The molecule has 1 amide bonds. The van der Waals surface area contributed by atoms with E-state index in [4.69, 9.17) is 10.6 Å². The van der Waals surface area contributed by atoms with Crippen molar-refractivity contribution in [2.24, 2.45) is 5.84 Å². The second-order valence-corrected chi connectivity index (χ2v) is 3.93. The van der Waals surface area contributed by atoms with Crippen LogP contribution in [0.1, 0.15) is 10.4 Å². The summed E-state index contributed by atoms with van der Waals surface area (Å²) < 4.78 is 6.79. The van der Waals surface area contributed by atoms with Gasteiger partial charge in [-0.15, -0.1) is 0 Å². The molecule has 0 bridgehead atoms. The fraction of sp³-hybridized carbons (Fsp3) is 0.154. The minimum Gasteiger partial charge on any atom is -0.492 e. The zero-order valence-electron chi connectivity index (χ0n) is 10.7. The lowest BCUT2D eigenvalue weighted by molar-refractivity contribution is 0.0953. The van der Waals surface area contributed by atoms with E-state index in [0.29, 0.717) is 24.5 Å². The van der Waals surface area contributed by atoms with Crippen molar-refractivity contribution in [3.8, 4) is 5.75 Å². The fourth-order valence-corrected chi connectivity index (χ4v) is 1.59. The second kappa shape index (κ2) is 6.48. The van der Waals surface area contributed by atoms with Crippen molar-refractivity contribution in [3.05, 3.63) is 58.5 Å². The number of carbonyl (C=O) groups is 1. The van der Waals surface area contributed by atoms with Gasteiger partial charge in [-0.05, 0) is 30.3 Å². The van der Waals surface area contributed by atoms with Crippen molar-refractivity contribution in [2.45, 2.75) is 6.54 Å². The number of hydrazine groups is 1. The van der Waals surface area contributed by atoms with Crippen molar-refractivity contribution < 1.29 is 9.53 Å². The first kappa shape index (κ1) is 13.8. The van der Waals surface area contributed by atoms with Gasteiger partial charge in [-0.1, -0.05) is 0 Å². The number of rotatable bonds is 5. The predicted molar refractivity (Wildman–Crippen MR) is 72.1 cm³/mol. The van der Waals surface area contributed by atoms with Gasteiger partial charge >= 0.3 is 0 Å². The van der Waals surface area contributed by atoms with Gasteiger partial charge in [-0.2, -0.15) is 5.10 Å². The second-order valence-electron chi connectivity index (χ2n) is 3.93. The molecule has 1 aromatic carbocycles. The summed E-state index contributed by atoms with van der Waals surface area (Å²) in [6.07, 6.45) is 1.54. The number of amides is 1. The molecule has 0 saturated heterocycles. The van der Waals surface area contributed by atoms with Gasteiger partial charge in [0.15, 0.2) is 0 Å². The lowest BCUT2D eigenvalue weighted by Gasteiger charge is -2.07. The molecule has 0 atom stereocenters. The molecule has 3 N–H and O–H groups in total. The zero-order chi connectivity index (χ0) is 14.4. The van der Waals surface area contributed by atoms with Crippen LogP contribution in [0.5, 0.6) is 5.75 Å². The highest BCUT2D eigenvalue weighted by molar-refractivity contribution is 5.93. The Labute approximate surface area is 114 Å². The smallest absolute Gasteiger partial charge is 0.266 e. The molecule has 0 aliphatic heterocycles. The summed E-state index contributed by atoms with van der Waals surface area (Å²) in [6.45, 7) is 0.657. The van der Waals surface area contributed by atoms with Crippen LogP contribution in [0.4, 0.5) is 0 Å². The Kier molecular flexibility index (Phi) is 4.46. The molecular weight excluding hydrogens is 260 g/mol. The molecule has 0 fully saturated rings. The van der Waals surface area contributed by atoms with Gasteiger partial charge in [-0.25, -0.2) is 10.5 Å². The van der Waals surface area contributed by atoms with E-state index in [2.05, 4.69) is 5.10 Å². The van der Waals surface area contributed by atoms with Crippen molar-refractivity contribution in [3.63, 3.8) is 0 Å². The Morgan fingerprint density at radius 3 is 2.70 bits per heavy atom. The Morgan fingerprint density at radius 1 is 1.30 bits per heavy atom. The zero-order valence-corrected chi connectivity index (χ0v) is 10.7. The first-order valence-corrected chi connectivity index (χ1v) is 5.96. The van der Waals surface area contributed by atoms with Gasteiger partial charge in [0.1, 0.15) is 12.4 Å². The molecule has 20 heavy (non-hydrogen) atoms. The van der Waals surface area contributed by atoms with E-state index < -0.39 is 0 Å². The standard InChI is InChI=1S/C13H14N4O3/c14-16-13(19)10-3-5-11(6-4-10)20-9-8-17-12(18)2-1-7-15-17/h1-7H,8-9,14H2,(H,16,19). The third-order valence-corrected chi connectivity index (χ3v) is 2.60. The summed E-state index contributed by atoms with van der Waals surface area (Å²) in [6, 6.07) is 9.54. The van der Waals surface area contributed by atoms with Crippen LogP contribution in [-0.2, 0) is 6.54 Å². The molecule has 0 aliphatic rings. The van der Waals surface area contributed by atoms with Gasteiger partial charge in [0.25, 0.3) is 11.5 Å². The molecular formula is C13H14N4O3. The Bertz CT molecular complexity index is 637. The van der Waals surface area contributed by atoms with E-state index in [-0.39, 0.29) is 11.5 Å². The van der Waals surface area contributed by atoms with Gasteiger partial charge in [-0.3, -0.25) is 15.0 Å². The molecule has 0 spiro atoms. The van der Waals surface area contributed by atoms with E-state index in [1.807, 2.05) is 5.43 Å². The van der Waals surface area contributed by atoms with Gasteiger partial charge in [0, 0.05) is 17.8 Å². The van der Waals surface area contributed by atoms with E-state index in [0.717, 1.165) is 0 Å². The molecule has 7 nitrogen and oxygen atoms in total. The molecule has 0 aliphatic carbocycles. The molecule has 2 rings (SSSR count). The number of hydrogen-bond acceptors (Lipinski definition) is 5. The topological polar surface area (TPSA) is 99.2 Å². The van der Waals surface area contributed by atoms with Crippen LogP contribution in [0.3, 0.4) is 0 Å². The maximum Gasteiger partial charge on any atom is 0.266 e. The predicted octanol–water partition coefficient (Wildman–Crippen LogP) is -0.0742. The molecule has 0 radical (unpaired) electrons. The minimum atomic E-state index is -0.364. The lowest BCUT2D eigenvalue weighted by atomic mass is 10.2. The minimum absolute atomic E-state index is 0.175. The molecule has 104 valence electrons. The quantitative estimate of drug-likeness (QED) is 0.451. The monoisotopic (exact) mass is 274 g/mol. The lowest BCUT2D eigenvalue weighted by Crippen LogP contribution is -2.29. The summed E-state index contributed by atoms with van der Waals surface area (Å²) in [4.78, 5) is 22.6. The Morgan fingerprint density at radius 2 is 2.05 bits per heavy atom. The summed E-state index contributed by atoms with van der Waals surface area (Å²) in [7, 11) is 0. The summed E-state index contributed by atoms with van der Waals surface area (Å²) in [5.74, 6) is 5.27. The number of nitrogen functional groups attached to an aromatic ring is 1. The Balaban J connectivity index is 1.90. The molecule has 0 saturated carbocycles. The molecule has 1 heterocycles. The largest absolute Gasteiger partial charge is 0.492 e. The van der Waals surface area contributed by atoms with Gasteiger partial charge < -0.3 is 4.74 Å². The summed E-state index contributed by atoms with van der Waals surface area (Å²) in [5.41, 5.74) is 2.32. The highest BCUT2D eigenvalue weighted by Gasteiger charge is 2.03. The van der Waals surface area contributed by atoms with Crippen LogP contribution in [-0.4, -0.2) is 22.3 Å². The number of aromatic nitrogens is 2. The van der Waals surface area contributed by atoms with Crippen molar-refractivity contribution in [1.29, 1.82) is 0 Å². The third kappa shape index (κ3) is 3.42. The first-order chi connectivity index (χ1) is 9.70. The SMILES string of the molecule is NNC(=O)c1ccc(OCCn2ncccc2=O)cc1. The number of nitrogens with one attached hydrogen (secondary N) is 1. The maximum absolute atomic E-state index is 11.4. The van der Waals surface area contributed by atoms with Crippen molar-refractivity contribution >= 4 is 5.91 Å². The molecule has 0 unspecified atom stereocenters. The number of hydrogen-bond donors (Lipinski definition) is 2. The van der Waals surface area contributed by atoms with E-state index in [9.17, 15) is 9.59 Å². The van der Waals surface area contributed by atoms with Crippen LogP contribution in [0.25, 0.3) is 0 Å². The molecule has 1 aromatic heterocycles. The Hall–Kier alpha value is -2.67. The van der Waals surface area contributed by atoms with Crippen LogP contribution in [0, 0.1) is 0 Å². The maximum atomic E-state index is 11.4. The van der Waals surface area contributed by atoms with E-state index in [1.54, 1.807) is 36.5 Å². The number of benzene rings is 1. The number of ether oxygens (including phenoxy) is 1. The van der Waals surface area contributed by atoms with Crippen LogP contribution >= 0.6 is 0 Å². The normalized spacial score (nSPS) is 10.1. The fourth-order valence-electron chi connectivity index (χ4n) is 1.59. The molecule has 2 aromatic rings. The highest BCUT2D eigenvalue weighted by Crippen LogP contribution is 2.11. The van der Waals surface area contributed by atoms with Crippen LogP contribution in [0.15, 0.2) is 47.4 Å². The third-order valence-electron chi connectivity index (χ3n) is 2.60. The van der Waals surface area contributed by atoms with Gasteiger partial charge in [0.2, 0.25) is 0 Å². The summed E-state index contributed by atoms with van der Waals surface area (Å²) >= 11 is 0. The first-order valence-electron chi connectivity index (χ1n) is 5.96.